The molecular weight excluding hydrogens is 224 g/mol. The molecule has 0 bridgehead atoms. The molecule has 0 saturated carbocycles. The van der Waals surface area contributed by atoms with Crippen molar-refractivity contribution in [2.24, 2.45) is 5.41 Å². The summed E-state index contributed by atoms with van der Waals surface area (Å²) in [6, 6.07) is 0. The van der Waals surface area contributed by atoms with Gasteiger partial charge in [-0.2, -0.15) is 0 Å². The lowest BCUT2D eigenvalue weighted by Crippen LogP contribution is -2.43. The zero-order chi connectivity index (χ0) is 13.4. The van der Waals surface area contributed by atoms with E-state index in [4.69, 9.17) is 4.74 Å². The third-order valence-electron chi connectivity index (χ3n) is 3.85. The average molecular weight is 256 g/mol. The van der Waals surface area contributed by atoms with Crippen LogP contribution < -0.4 is 5.32 Å². The van der Waals surface area contributed by atoms with E-state index >= 15 is 0 Å². The number of nitrogens with zero attached hydrogens (tertiary/aromatic N) is 1. The molecule has 18 heavy (non-hydrogen) atoms. The molecule has 0 radical (unpaired) electrons. The SMILES string of the molecule is CCCC(C)(CNCC)CN(C)CC1CCCO1. The molecule has 0 aliphatic carbocycles. The topological polar surface area (TPSA) is 24.5 Å². The molecule has 0 spiro atoms. The quantitative estimate of drug-likeness (QED) is 0.686. The number of ether oxygens (including phenoxy) is 1. The molecule has 2 atom stereocenters. The summed E-state index contributed by atoms with van der Waals surface area (Å²) in [6.45, 7) is 12.3. The fraction of sp³-hybridized carbons (Fsp3) is 1.00. The van der Waals surface area contributed by atoms with Crippen molar-refractivity contribution in [2.45, 2.75) is 52.6 Å². The molecule has 1 saturated heterocycles. The molecule has 1 aliphatic heterocycles. The van der Waals surface area contributed by atoms with Gasteiger partial charge in [-0.05, 0) is 38.3 Å². The maximum absolute atomic E-state index is 5.72. The van der Waals surface area contributed by atoms with E-state index in [9.17, 15) is 0 Å². The number of hydrogen-bond acceptors (Lipinski definition) is 3. The molecule has 1 fully saturated rings. The Kier molecular flexibility index (Phi) is 7.20. The van der Waals surface area contributed by atoms with Crippen molar-refractivity contribution in [3.8, 4) is 0 Å². The van der Waals surface area contributed by atoms with Crippen LogP contribution in [-0.4, -0.2) is 50.8 Å². The molecule has 0 amide bonds. The van der Waals surface area contributed by atoms with Gasteiger partial charge in [0.2, 0.25) is 0 Å². The van der Waals surface area contributed by atoms with Crippen LogP contribution in [0.1, 0.15) is 46.5 Å². The van der Waals surface area contributed by atoms with Crippen molar-refractivity contribution in [2.75, 3.05) is 39.8 Å². The van der Waals surface area contributed by atoms with E-state index in [1.807, 2.05) is 0 Å². The summed E-state index contributed by atoms with van der Waals surface area (Å²) in [7, 11) is 2.24. The highest BCUT2D eigenvalue weighted by molar-refractivity contribution is 4.81. The molecule has 1 N–H and O–H groups in total. The third-order valence-corrected chi connectivity index (χ3v) is 3.85. The predicted octanol–water partition coefficient (Wildman–Crippen LogP) is 2.51. The standard InChI is InChI=1S/C15H32N2O/c1-5-9-15(3,12-16-6-2)13-17(4)11-14-8-7-10-18-14/h14,16H,5-13H2,1-4H3. The number of likely N-dealkylation sites (N-methyl/N-ethyl adjacent to an activating group) is 1. The van der Waals surface area contributed by atoms with Crippen LogP contribution in [0.3, 0.4) is 0 Å². The summed E-state index contributed by atoms with van der Waals surface area (Å²) in [5.74, 6) is 0. The van der Waals surface area contributed by atoms with Gasteiger partial charge in [0.15, 0.2) is 0 Å². The number of nitrogens with one attached hydrogen (secondary N) is 1. The summed E-state index contributed by atoms with van der Waals surface area (Å²) in [4.78, 5) is 2.46. The molecule has 1 aliphatic rings. The van der Waals surface area contributed by atoms with Crippen LogP contribution in [0.25, 0.3) is 0 Å². The number of hydrogen-bond donors (Lipinski definition) is 1. The van der Waals surface area contributed by atoms with Crippen molar-refractivity contribution in [1.82, 2.24) is 10.2 Å². The van der Waals surface area contributed by atoms with Gasteiger partial charge in [-0.1, -0.05) is 27.2 Å². The minimum Gasteiger partial charge on any atom is -0.377 e. The van der Waals surface area contributed by atoms with E-state index in [1.54, 1.807) is 0 Å². The fourth-order valence-electron chi connectivity index (χ4n) is 3.11. The molecule has 0 aromatic rings. The van der Waals surface area contributed by atoms with E-state index in [0.29, 0.717) is 11.5 Å². The van der Waals surface area contributed by atoms with Crippen LogP contribution in [0.2, 0.25) is 0 Å². The van der Waals surface area contributed by atoms with E-state index in [0.717, 1.165) is 32.8 Å². The minimum atomic E-state index is 0.387. The molecule has 0 aromatic carbocycles. The zero-order valence-electron chi connectivity index (χ0n) is 12.8. The van der Waals surface area contributed by atoms with Gasteiger partial charge in [0, 0.05) is 26.2 Å². The van der Waals surface area contributed by atoms with Crippen molar-refractivity contribution in [3.05, 3.63) is 0 Å². The largest absolute Gasteiger partial charge is 0.377 e. The highest BCUT2D eigenvalue weighted by atomic mass is 16.5. The van der Waals surface area contributed by atoms with E-state index in [-0.39, 0.29) is 0 Å². The smallest absolute Gasteiger partial charge is 0.0702 e. The summed E-state index contributed by atoms with van der Waals surface area (Å²) in [5, 5.41) is 3.51. The van der Waals surface area contributed by atoms with E-state index in [2.05, 4.69) is 38.0 Å². The van der Waals surface area contributed by atoms with Crippen LogP contribution in [0.4, 0.5) is 0 Å². The van der Waals surface area contributed by atoms with Gasteiger partial charge < -0.3 is 15.0 Å². The zero-order valence-corrected chi connectivity index (χ0v) is 12.8. The Morgan fingerprint density at radius 1 is 1.39 bits per heavy atom. The van der Waals surface area contributed by atoms with Gasteiger partial charge in [0.25, 0.3) is 0 Å². The molecule has 0 aromatic heterocycles. The summed E-state index contributed by atoms with van der Waals surface area (Å²) in [5.41, 5.74) is 0.387. The Labute approximate surface area is 113 Å². The van der Waals surface area contributed by atoms with Crippen molar-refractivity contribution < 1.29 is 4.74 Å². The Bertz CT molecular complexity index is 217. The summed E-state index contributed by atoms with van der Waals surface area (Å²) in [6.07, 6.45) is 5.50. The van der Waals surface area contributed by atoms with E-state index < -0.39 is 0 Å². The lowest BCUT2D eigenvalue weighted by atomic mass is 9.84. The molecule has 3 heteroatoms. The van der Waals surface area contributed by atoms with Crippen molar-refractivity contribution >= 4 is 0 Å². The van der Waals surface area contributed by atoms with Crippen LogP contribution in [-0.2, 0) is 4.74 Å². The highest BCUT2D eigenvalue weighted by Crippen LogP contribution is 2.24. The van der Waals surface area contributed by atoms with Crippen LogP contribution >= 0.6 is 0 Å². The van der Waals surface area contributed by atoms with Gasteiger partial charge in [-0.25, -0.2) is 0 Å². The fourth-order valence-corrected chi connectivity index (χ4v) is 3.11. The lowest BCUT2D eigenvalue weighted by Gasteiger charge is -2.35. The van der Waals surface area contributed by atoms with Gasteiger partial charge in [-0.3, -0.25) is 0 Å². The Morgan fingerprint density at radius 2 is 2.17 bits per heavy atom. The third kappa shape index (κ3) is 5.68. The van der Waals surface area contributed by atoms with Gasteiger partial charge in [-0.15, -0.1) is 0 Å². The molecule has 1 heterocycles. The molecule has 108 valence electrons. The molecular formula is C15H32N2O. The van der Waals surface area contributed by atoms with Gasteiger partial charge in [0.1, 0.15) is 0 Å². The van der Waals surface area contributed by atoms with Crippen LogP contribution in [0.5, 0.6) is 0 Å². The highest BCUT2D eigenvalue weighted by Gasteiger charge is 2.26. The maximum atomic E-state index is 5.72. The molecule has 1 rings (SSSR count). The van der Waals surface area contributed by atoms with Crippen molar-refractivity contribution in [1.29, 1.82) is 0 Å². The maximum Gasteiger partial charge on any atom is 0.0702 e. The Balaban J connectivity index is 2.37. The monoisotopic (exact) mass is 256 g/mol. The first-order valence-corrected chi connectivity index (χ1v) is 7.60. The Hall–Kier alpha value is -0.120. The second-order valence-corrected chi connectivity index (χ2v) is 6.17. The summed E-state index contributed by atoms with van der Waals surface area (Å²) < 4.78 is 5.72. The van der Waals surface area contributed by atoms with Crippen molar-refractivity contribution in [3.63, 3.8) is 0 Å². The molecule has 3 nitrogen and oxygen atoms in total. The predicted molar refractivity (Wildman–Crippen MR) is 78.0 cm³/mol. The lowest BCUT2D eigenvalue weighted by molar-refractivity contribution is 0.0654. The number of rotatable bonds is 9. The Morgan fingerprint density at radius 3 is 2.72 bits per heavy atom. The molecule has 2 unspecified atom stereocenters. The first-order valence-electron chi connectivity index (χ1n) is 7.60. The van der Waals surface area contributed by atoms with Crippen LogP contribution in [0, 0.1) is 5.41 Å². The second-order valence-electron chi connectivity index (χ2n) is 6.17. The first-order chi connectivity index (χ1) is 8.59. The average Bonchev–Trinajstić information content (AvgIpc) is 2.79. The van der Waals surface area contributed by atoms with E-state index in [1.165, 1.54) is 25.7 Å². The van der Waals surface area contributed by atoms with Gasteiger partial charge in [0.05, 0.1) is 6.10 Å². The first kappa shape index (κ1) is 15.9. The minimum absolute atomic E-state index is 0.387. The summed E-state index contributed by atoms with van der Waals surface area (Å²) >= 11 is 0. The van der Waals surface area contributed by atoms with Gasteiger partial charge >= 0.3 is 0 Å². The second kappa shape index (κ2) is 8.13. The van der Waals surface area contributed by atoms with Crippen LogP contribution in [0.15, 0.2) is 0 Å². The normalized spacial score (nSPS) is 23.5.